The molecule has 0 unspecified atom stereocenters. The van der Waals surface area contributed by atoms with E-state index in [9.17, 15) is 0 Å². The molecule has 1 fully saturated rings. The van der Waals surface area contributed by atoms with E-state index in [0.29, 0.717) is 29.9 Å². The second-order valence-corrected chi connectivity index (χ2v) is 5.10. The van der Waals surface area contributed by atoms with Gasteiger partial charge in [-0.3, -0.25) is 0 Å². The van der Waals surface area contributed by atoms with Crippen LogP contribution in [0.15, 0.2) is 18.2 Å². The van der Waals surface area contributed by atoms with Gasteiger partial charge in [-0.15, -0.1) is 10.2 Å². The first kappa shape index (κ1) is 13.7. The van der Waals surface area contributed by atoms with Gasteiger partial charge in [-0.2, -0.15) is 0 Å². The Morgan fingerprint density at radius 3 is 2.24 bits per heavy atom. The van der Waals surface area contributed by atoms with Gasteiger partial charge in [0.1, 0.15) is 29.7 Å². The van der Waals surface area contributed by atoms with Gasteiger partial charge in [-0.25, -0.2) is 0 Å². The van der Waals surface area contributed by atoms with Crippen molar-refractivity contribution in [1.29, 1.82) is 0 Å². The van der Waals surface area contributed by atoms with E-state index in [4.69, 9.17) is 14.2 Å². The largest absolute Gasteiger partial charge is 0.496 e. The van der Waals surface area contributed by atoms with Crippen molar-refractivity contribution in [2.24, 2.45) is 0 Å². The fraction of sp³-hybridized carbons (Fsp3) is 0.467. The molecule has 1 saturated carbocycles. The van der Waals surface area contributed by atoms with Crippen molar-refractivity contribution in [3.8, 4) is 17.2 Å². The summed E-state index contributed by atoms with van der Waals surface area (Å²) < 4.78 is 18.5. The Morgan fingerprint density at radius 2 is 1.67 bits per heavy atom. The van der Waals surface area contributed by atoms with E-state index in [1.165, 1.54) is 12.8 Å². The van der Waals surface area contributed by atoms with Crippen LogP contribution >= 0.6 is 0 Å². The fourth-order valence-electron chi connectivity index (χ4n) is 2.33. The third-order valence-electron chi connectivity index (χ3n) is 3.54. The lowest BCUT2D eigenvalue weighted by Gasteiger charge is -2.11. The number of aryl methyl sites for hydroxylation is 1. The summed E-state index contributed by atoms with van der Waals surface area (Å²) in [4.78, 5) is 0. The molecule has 21 heavy (non-hydrogen) atoms. The Bertz CT molecular complexity index is 613. The van der Waals surface area contributed by atoms with E-state index in [1.54, 1.807) is 14.2 Å². The van der Waals surface area contributed by atoms with Crippen molar-refractivity contribution in [2.75, 3.05) is 14.2 Å². The van der Waals surface area contributed by atoms with Crippen LogP contribution < -0.4 is 14.2 Å². The summed E-state index contributed by atoms with van der Waals surface area (Å²) in [5.74, 6) is 3.89. The zero-order valence-electron chi connectivity index (χ0n) is 12.5. The van der Waals surface area contributed by atoms with Gasteiger partial charge < -0.3 is 18.8 Å². The summed E-state index contributed by atoms with van der Waals surface area (Å²) in [6.07, 6.45) is 2.39. The molecule has 1 aliphatic carbocycles. The molecule has 6 heteroatoms. The molecule has 1 heterocycles. The van der Waals surface area contributed by atoms with E-state index < -0.39 is 0 Å². The standard InChI is InChI=1S/C15H19N3O3/c1-10-16-17-15(18(10)11-4-5-11)9-21-14-7-12(19-2)6-13(8-14)20-3/h6-8,11H,4-5,9H2,1-3H3. The highest BCUT2D eigenvalue weighted by Gasteiger charge is 2.28. The molecule has 112 valence electrons. The zero-order chi connectivity index (χ0) is 14.8. The van der Waals surface area contributed by atoms with E-state index >= 15 is 0 Å². The number of nitrogens with zero attached hydrogens (tertiary/aromatic N) is 3. The highest BCUT2D eigenvalue weighted by Crippen LogP contribution is 2.36. The molecule has 0 atom stereocenters. The lowest BCUT2D eigenvalue weighted by atomic mass is 10.3. The van der Waals surface area contributed by atoms with Crippen molar-refractivity contribution < 1.29 is 14.2 Å². The van der Waals surface area contributed by atoms with E-state index in [-0.39, 0.29) is 0 Å². The molecule has 1 aromatic heterocycles. The SMILES string of the molecule is COc1cc(OC)cc(OCc2nnc(C)n2C2CC2)c1. The highest BCUT2D eigenvalue weighted by molar-refractivity contribution is 5.42. The predicted molar refractivity (Wildman–Crippen MR) is 76.9 cm³/mol. The third kappa shape index (κ3) is 2.94. The molecular formula is C15H19N3O3. The van der Waals surface area contributed by atoms with Gasteiger partial charge in [0.05, 0.1) is 14.2 Å². The average molecular weight is 289 g/mol. The molecule has 3 rings (SSSR count). The smallest absolute Gasteiger partial charge is 0.171 e. The van der Waals surface area contributed by atoms with Gasteiger partial charge in [0.2, 0.25) is 0 Å². The van der Waals surface area contributed by atoms with Crippen LogP contribution in [-0.4, -0.2) is 29.0 Å². The number of hydrogen-bond donors (Lipinski definition) is 0. The quantitative estimate of drug-likeness (QED) is 0.818. The Kier molecular flexibility index (Phi) is 3.68. The molecule has 0 N–H and O–H groups in total. The van der Waals surface area contributed by atoms with Gasteiger partial charge >= 0.3 is 0 Å². The third-order valence-corrected chi connectivity index (χ3v) is 3.54. The highest BCUT2D eigenvalue weighted by atomic mass is 16.5. The van der Waals surface area contributed by atoms with Crippen molar-refractivity contribution in [1.82, 2.24) is 14.8 Å². The monoisotopic (exact) mass is 289 g/mol. The van der Waals surface area contributed by atoms with Gasteiger partial charge in [0, 0.05) is 24.2 Å². The Morgan fingerprint density at radius 1 is 1.05 bits per heavy atom. The minimum atomic E-state index is 0.383. The van der Waals surface area contributed by atoms with Crippen LogP contribution in [0.5, 0.6) is 17.2 Å². The second kappa shape index (κ2) is 5.63. The molecule has 6 nitrogen and oxygen atoms in total. The lowest BCUT2D eigenvalue weighted by Crippen LogP contribution is -2.07. The van der Waals surface area contributed by atoms with Crippen LogP contribution in [0.25, 0.3) is 0 Å². The lowest BCUT2D eigenvalue weighted by molar-refractivity contribution is 0.284. The van der Waals surface area contributed by atoms with Crippen LogP contribution in [0.2, 0.25) is 0 Å². The number of benzene rings is 1. The van der Waals surface area contributed by atoms with Crippen LogP contribution in [0.1, 0.15) is 30.5 Å². The summed E-state index contributed by atoms with van der Waals surface area (Å²) in [6, 6.07) is 6.00. The molecular weight excluding hydrogens is 270 g/mol. The van der Waals surface area contributed by atoms with Gasteiger partial charge in [0.15, 0.2) is 5.82 Å². The van der Waals surface area contributed by atoms with Crippen molar-refractivity contribution in [2.45, 2.75) is 32.4 Å². The molecule has 0 bridgehead atoms. The number of hydrogen-bond acceptors (Lipinski definition) is 5. The van der Waals surface area contributed by atoms with Crippen molar-refractivity contribution in [3.63, 3.8) is 0 Å². The molecule has 0 aliphatic heterocycles. The number of ether oxygens (including phenoxy) is 3. The van der Waals surface area contributed by atoms with Gasteiger partial charge in [0.25, 0.3) is 0 Å². The normalized spacial score (nSPS) is 14.0. The fourth-order valence-corrected chi connectivity index (χ4v) is 2.33. The Balaban J connectivity index is 1.75. The summed E-state index contributed by atoms with van der Waals surface area (Å²) in [7, 11) is 3.23. The van der Waals surface area contributed by atoms with E-state index in [1.807, 2.05) is 25.1 Å². The topological polar surface area (TPSA) is 58.4 Å². The number of methoxy groups -OCH3 is 2. The second-order valence-electron chi connectivity index (χ2n) is 5.10. The minimum absolute atomic E-state index is 0.383. The number of rotatable bonds is 6. The zero-order valence-corrected chi connectivity index (χ0v) is 12.5. The Hall–Kier alpha value is -2.24. The van der Waals surface area contributed by atoms with Crippen LogP contribution in [0, 0.1) is 6.92 Å². The first-order chi connectivity index (χ1) is 10.2. The molecule has 2 aromatic rings. The van der Waals surface area contributed by atoms with Crippen LogP contribution in [0.4, 0.5) is 0 Å². The molecule has 0 radical (unpaired) electrons. The summed E-state index contributed by atoms with van der Waals surface area (Å²) >= 11 is 0. The van der Waals surface area contributed by atoms with E-state index in [2.05, 4.69) is 14.8 Å². The summed E-state index contributed by atoms with van der Waals surface area (Å²) in [5.41, 5.74) is 0. The average Bonchev–Trinajstić information content (AvgIpc) is 3.28. The first-order valence-electron chi connectivity index (χ1n) is 6.97. The molecule has 0 amide bonds. The van der Waals surface area contributed by atoms with Crippen LogP contribution in [0.3, 0.4) is 0 Å². The molecule has 0 spiro atoms. The van der Waals surface area contributed by atoms with Crippen molar-refractivity contribution >= 4 is 0 Å². The van der Waals surface area contributed by atoms with Gasteiger partial charge in [-0.05, 0) is 19.8 Å². The minimum Gasteiger partial charge on any atom is -0.496 e. The Labute approximate surface area is 123 Å². The molecule has 1 aromatic carbocycles. The maximum Gasteiger partial charge on any atom is 0.171 e. The summed E-state index contributed by atoms with van der Waals surface area (Å²) in [6.45, 7) is 2.36. The number of aromatic nitrogens is 3. The maximum atomic E-state index is 5.83. The first-order valence-corrected chi connectivity index (χ1v) is 6.97. The van der Waals surface area contributed by atoms with Crippen LogP contribution in [-0.2, 0) is 6.61 Å². The molecule has 1 aliphatic rings. The maximum absolute atomic E-state index is 5.83. The summed E-state index contributed by atoms with van der Waals surface area (Å²) in [5, 5.41) is 8.34. The predicted octanol–water partition coefficient (Wildman–Crippen LogP) is 2.52. The van der Waals surface area contributed by atoms with Gasteiger partial charge in [-0.1, -0.05) is 0 Å². The van der Waals surface area contributed by atoms with E-state index in [0.717, 1.165) is 11.6 Å². The van der Waals surface area contributed by atoms with Crippen molar-refractivity contribution in [3.05, 3.63) is 29.8 Å². The molecule has 0 saturated heterocycles.